The van der Waals surface area contributed by atoms with Crippen LogP contribution in [0.3, 0.4) is 0 Å². The fourth-order valence-electron chi connectivity index (χ4n) is 3.15. The van der Waals surface area contributed by atoms with E-state index >= 15 is 0 Å². The van der Waals surface area contributed by atoms with Gasteiger partial charge in [0.05, 0.1) is 11.0 Å². The van der Waals surface area contributed by atoms with Crippen LogP contribution in [0.5, 0.6) is 0 Å². The van der Waals surface area contributed by atoms with E-state index in [2.05, 4.69) is 56.5 Å². The number of aryl methyl sites for hydroxylation is 1. The van der Waals surface area contributed by atoms with Gasteiger partial charge in [-0.05, 0) is 41.7 Å². The summed E-state index contributed by atoms with van der Waals surface area (Å²) in [4.78, 5) is 13.0. The number of hydrogen-bond acceptors (Lipinski definition) is 1. The maximum atomic E-state index is 13.0. The van der Waals surface area contributed by atoms with Crippen LogP contribution >= 0.6 is 0 Å². The quantitative estimate of drug-likeness (QED) is 0.606. The highest BCUT2D eigenvalue weighted by Crippen LogP contribution is 2.27. The van der Waals surface area contributed by atoms with E-state index in [0.717, 1.165) is 41.2 Å². The molecule has 0 radical (unpaired) electrons. The SMILES string of the molecule is CCCCn1c2ccccc2c(=O)c2cc(C(C)(C)C)ccc21. The number of fused-ring (bicyclic) bond motifs is 2. The second-order valence-corrected chi connectivity index (χ2v) is 7.33. The Bertz CT molecular complexity index is 913. The van der Waals surface area contributed by atoms with E-state index in [1.165, 1.54) is 5.56 Å². The maximum absolute atomic E-state index is 13.0. The molecule has 0 N–H and O–H groups in total. The Hall–Kier alpha value is -2.09. The average Bonchev–Trinajstić information content (AvgIpc) is 2.53. The van der Waals surface area contributed by atoms with Crippen molar-refractivity contribution in [1.82, 2.24) is 4.57 Å². The Balaban J connectivity index is 2.40. The molecule has 0 fully saturated rings. The molecule has 0 aliphatic carbocycles. The summed E-state index contributed by atoms with van der Waals surface area (Å²) in [6, 6.07) is 14.4. The third-order valence-corrected chi connectivity index (χ3v) is 4.57. The highest BCUT2D eigenvalue weighted by molar-refractivity contribution is 5.93. The van der Waals surface area contributed by atoms with Crippen molar-refractivity contribution in [2.75, 3.05) is 0 Å². The van der Waals surface area contributed by atoms with Gasteiger partial charge in [-0.2, -0.15) is 0 Å². The molecule has 0 aliphatic heterocycles. The molecule has 0 spiro atoms. The smallest absolute Gasteiger partial charge is 0.197 e. The van der Waals surface area contributed by atoms with E-state index in [-0.39, 0.29) is 10.8 Å². The number of pyridine rings is 1. The van der Waals surface area contributed by atoms with Crippen molar-refractivity contribution >= 4 is 21.8 Å². The molecule has 2 heteroatoms. The third kappa shape index (κ3) is 2.78. The van der Waals surface area contributed by atoms with Gasteiger partial charge in [0.1, 0.15) is 0 Å². The minimum absolute atomic E-state index is 0.0422. The zero-order chi connectivity index (χ0) is 16.6. The lowest BCUT2D eigenvalue weighted by atomic mass is 9.86. The number of unbranched alkanes of at least 4 members (excludes halogenated alkanes) is 1. The molecule has 1 heterocycles. The summed E-state index contributed by atoms with van der Waals surface area (Å²) in [5, 5.41) is 1.66. The van der Waals surface area contributed by atoms with E-state index in [1.54, 1.807) is 0 Å². The van der Waals surface area contributed by atoms with Gasteiger partial charge in [0.15, 0.2) is 5.43 Å². The van der Waals surface area contributed by atoms with E-state index in [9.17, 15) is 4.79 Å². The summed E-state index contributed by atoms with van der Waals surface area (Å²) < 4.78 is 2.31. The summed E-state index contributed by atoms with van der Waals surface area (Å²) in [5.74, 6) is 0. The lowest BCUT2D eigenvalue weighted by molar-refractivity contribution is 0.591. The summed E-state index contributed by atoms with van der Waals surface area (Å²) >= 11 is 0. The van der Waals surface area contributed by atoms with Crippen molar-refractivity contribution in [3.63, 3.8) is 0 Å². The Morgan fingerprint density at radius 1 is 0.957 bits per heavy atom. The molecule has 0 bridgehead atoms. The molecule has 0 unspecified atom stereocenters. The third-order valence-electron chi connectivity index (χ3n) is 4.57. The summed E-state index contributed by atoms with van der Waals surface area (Å²) in [6.45, 7) is 9.70. The summed E-state index contributed by atoms with van der Waals surface area (Å²) in [6.07, 6.45) is 2.25. The van der Waals surface area contributed by atoms with Crippen LogP contribution in [0.2, 0.25) is 0 Å². The first-order valence-corrected chi connectivity index (χ1v) is 8.49. The molecule has 1 aromatic heterocycles. The Kier molecular flexibility index (Phi) is 4.01. The lowest BCUT2D eigenvalue weighted by Gasteiger charge is -2.21. The molecule has 2 aromatic carbocycles. The van der Waals surface area contributed by atoms with E-state index in [4.69, 9.17) is 0 Å². The predicted octanol–water partition coefficient (Wildman–Crippen LogP) is 5.25. The van der Waals surface area contributed by atoms with Gasteiger partial charge in [0, 0.05) is 17.3 Å². The highest BCUT2D eigenvalue weighted by atomic mass is 16.1. The van der Waals surface area contributed by atoms with Gasteiger partial charge in [0.25, 0.3) is 0 Å². The van der Waals surface area contributed by atoms with Gasteiger partial charge < -0.3 is 4.57 Å². The van der Waals surface area contributed by atoms with Gasteiger partial charge in [-0.1, -0.05) is 52.3 Å². The Labute approximate surface area is 137 Å². The van der Waals surface area contributed by atoms with Crippen molar-refractivity contribution < 1.29 is 0 Å². The molecule has 0 atom stereocenters. The van der Waals surface area contributed by atoms with Crippen molar-refractivity contribution in [2.45, 2.75) is 52.5 Å². The topological polar surface area (TPSA) is 22.0 Å². The standard InChI is InChI=1S/C21H25NO/c1-5-6-13-22-18-10-8-7-9-16(18)20(23)17-14-15(21(2,3)4)11-12-19(17)22/h7-12,14H,5-6,13H2,1-4H3. The average molecular weight is 307 g/mol. The second-order valence-electron chi connectivity index (χ2n) is 7.33. The van der Waals surface area contributed by atoms with Crippen LogP contribution in [-0.2, 0) is 12.0 Å². The first-order chi connectivity index (χ1) is 10.9. The largest absolute Gasteiger partial charge is 0.340 e. The molecule has 3 rings (SSSR count). The molecular formula is C21H25NO. The zero-order valence-corrected chi connectivity index (χ0v) is 14.5. The van der Waals surface area contributed by atoms with E-state index in [1.807, 2.05) is 18.2 Å². The van der Waals surface area contributed by atoms with E-state index < -0.39 is 0 Å². The van der Waals surface area contributed by atoms with Gasteiger partial charge in [-0.15, -0.1) is 0 Å². The molecule has 3 aromatic rings. The van der Waals surface area contributed by atoms with Crippen LogP contribution in [-0.4, -0.2) is 4.57 Å². The predicted molar refractivity (Wildman–Crippen MR) is 99.3 cm³/mol. The number of aromatic nitrogens is 1. The van der Waals surface area contributed by atoms with Gasteiger partial charge >= 0.3 is 0 Å². The van der Waals surface area contributed by atoms with Crippen molar-refractivity contribution in [1.29, 1.82) is 0 Å². The molecule has 0 aliphatic rings. The van der Waals surface area contributed by atoms with Crippen molar-refractivity contribution in [3.8, 4) is 0 Å². The number of nitrogens with zero attached hydrogens (tertiary/aromatic N) is 1. The van der Waals surface area contributed by atoms with Crippen LogP contribution in [0.4, 0.5) is 0 Å². The normalized spacial score (nSPS) is 12.2. The molecule has 23 heavy (non-hydrogen) atoms. The highest BCUT2D eigenvalue weighted by Gasteiger charge is 2.17. The van der Waals surface area contributed by atoms with Gasteiger partial charge in [0.2, 0.25) is 0 Å². The van der Waals surface area contributed by atoms with Crippen molar-refractivity contribution in [2.24, 2.45) is 0 Å². The van der Waals surface area contributed by atoms with Crippen LogP contribution in [0.15, 0.2) is 47.3 Å². The van der Waals surface area contributed by atoms with Crippen LogP contribution < -0.4 is 5.43 Å². The van der Waals surface area contributed by atoms with Gasteiger partial charge in [-0.25, -0.2) is 0 Å². The lowest BCUT2D eigenvalue weighted by Crippen LogP contribution is -2.15. The first kappa shape index (κ1) is 15.8. The Morgan fingerprint density at radius 2 is 1.65 bits per heavy atom. The summed E-state index contributed by atoms with van der Waals surface area (Å²) in [7, 11) is 0. The minimum Gasteiger partial charge on any atom is -0.340 e. The maximum Gasteiger partial charge on any atom is 0.197 e. The van der Waals surface area contributed by atoms with Crippen LogP contribution in [0.25, 0.3) is 21.8 Å². The fourth-order valence-corrected chi connectivity index (χ4v) is 3.15. The molecular weight excluding hydrogens is 282 g/mol. The monoisotopic (exact) mass is 307 g/mol. The fraction of sp³-hybridized carbons (Fsp3) is 0.381. The Morgan fingerprint density at radius 3 is 2.35 bits per heavy atom. The zero-order valence-electron chi connectivity index (χ0n) is 14.5. The number of para-hydroxylation sites is 1. The molecule has 0 saturated heterocycles. The summed E-state index contributed by atoms with van der Waals surface area (Å²) in [5.41, 5.74) is 3.49. The van der Waals surface area contributed by atoms with Crippen LogP contribution in [0, 0.1) is 0 Å². The molecule has 120 valence electrons. The molecule has 0 saturated carbocycles. The van der Waals surface area contributed by atoms with Crippen LogP contribution in [0.1, 0.15) is 46.1 Å². The number of hydrogen-bond donors (Lipinski definition) is 0. The van der Waals surface area contributed by atoms with Crippen molar-refractivity contribution in [3.05, 3.63) is 58.3 Å². The minimum atomic E-state index is 0.0422. The van der Waals surface area contributed by atoms with E-state index in [0.29, 0.717) is 0 Å². The molecule has 2 nitrogen and oxygen atoms in total. The number of benzene rings is 2. The number of rotatable bonds is 3. The molecule has 0 amide bonds. The van der Waals surface area contributed by atoms with Gasteiger partial charge in [-0.3, -0.25) is 4.79 Å². The second kappa shape index (κ2) is 5.84. The first-order valence-electron chi connectivity index (χ1n) is 8.49.